The van der Waals surface area contributed by atoms with Crippen LogP contribution in [0.5, 0.6) is 11.5 Å². The van der Waals surface area contributed by atoms with Gasteiger partial charge in [0.05, 0.1) is 14.2 Å². The number of amides is 1. The Bertz CT molecular complexity index is 537. The Labute approximate surface area is 139 Å². The lowest BCUT2D eigenvalue weighted by molar-refractivity contribution is -0.130. The van der Waals surface area contributed by atoms with Crippen LogP contribution < -0.4 is 9.47 Å². The minimum Gasteiger partial charge on any atom is -0.497 e. The van der Waals surface area contributed by atoms with E-state index in [1.807, 2.05) is 29.2 Å². The summed E-state index contributed by atoms with van der Waals surface area (Å²) in [6.45, 7) is 4.16. The quantitative estimate of drug-likeness (QED) is 0.747. The predicted molar refractivity (Wildman–Crippen MR) is 92.8 cm³/mol. The van der Waals surface area contributed by atoms with Crippen LogP contribution >= 0.6 is 0 Å². The molecule has 0 spiro atoms. The van der Waals surface area contributed by atoms with E-state index in [0.717, 1.165) is 18.4 Å². The van der Waals surface area contributed by atoms with Gasteiger partial charge in [0.1, 0.15) is 11.5 Å². The van der Waals surface area contributed by atoms with Gasteiger partial charge in [0, 0.05) is 24.2 Å². The van der Waals surface area contributed by atoms with Crippen molar-refractivity contribution in [2.75, 3.05) is 14.2 Å². The molecule has 2 rings (SSSR count). The third-order valence-electron chi connectivity index (χ3n) is 4.32. The Kier molecular flexibility index (Phi) is 6.08. The van der Waals surface area contributed by atoms with Crippen LogP contribution in [0.3, 0.4) is 0 Å². The average Bonchev–Trinajstić information content (AvgIpc) is 3.06. The van der Waals surface area contributed by atoms with E-state index in [9.17, 15) is 4.79 Å². The monoisotopic (exact) mass is 317 g/mol. The molecule has 0 heterocycles. The van der Waals surface area contributed by atoms with Gasteiger partial charge in [0.25, 0.3) is 0 Å². The van der Waals surface area contributed by atoms with Crippen molar-refractivity contribution >= 4 is 12.0 Å². The molecule has 0 radical (unpaired) electrons. The van der Waals surface area contributed by atoms with Crippen molar-refractivity contribution in [3.8, 4) is 11.5 Å². The van der Waals surface area contributed by atoms with Crippen molar-refractivity contribution < 1.29 is 14.3 Å². The highest BCUT2D eigenvalue weighted by atomic mass is 16.5. The summed E-state index contributed by atoms with van der Waals surface area (Å²) in [6.07, 6.45) is 8.16. The van der Waals surface area contributed by atoms with Gasteiger partial charge < -0.3 is 14.4 Å². The third kappa shape index (κ3) is 4.50. The molecule has 0 saturated heterocycles. The summed E-state index contributed by atoms with van der Waals surface area (Å²) in [5, 5.41) is 0. The van der Waals surface area contributed by atoms with Crippen LogP contribution in [0, 0.1) is 0 Å². The van der Waals surface area contributed by atoms with Gasteiger partial charge in [-0.25, -0.2) is 0 Å². The molecule has 23 heavy (non-hydrogen) atoms. The zero-order valence-corrected chi connectivity index (χ0v) is 14.5. The molecule has 0 aromatic heterocycles. The van der Waals surface area contributed by atoms with Crippen molar-refractivity contribution in [3.63, 3.8) is 0 Å². The van der Waals surface area contributed by atoms with Crippen molar-refractivity contribution in [3.05, 3.63) is 29.8 Å². The van der Waals surface area contributed by atoms with E-state index in [-0.39, 0.29) is 11.9 Å². The molecule has 1 aliphatic carbocycles. The minimum atomic E-state index is 0.0775. The first-order valence-electron chi connectivity index (χ1n) is 8.28. The molecule has 4 nitrogen and oxygen atoms in total. The van der Waals surface area contributed by atoms with Gasteiger partial charge >= 0.3 is 0 Å². The van der Waals surface area contributed by atoms with Gasteiger partial charge in [-0.2, -0.15) is 0 Å². The fourth-order valence-corrected chi connectivity index (χ4v) is 3.22. The van der Waals surface area contributed by atoms with Gasteiger partial charge in [-0.15, -0.1) is 0 Å². The van der Waals surface area contributed by atoms with Crippen LogP contribution in [0.2, 0.25) is 0 Å². The number of hydrogen-bond acceptors (Lipinski definition) is 3. The van der Waals surface area contributed by atoms with E-state index in [4.69, 9.17) is 9.47 Å². The lowest BCUT2D eigenvalue weighted by Crippen LogP contribution is -2.42. The third-order valence-corrected chi connectivity index (χ3v) is 4.32. The zero-order valence-electron chi connectivity index (χ0n) is 14.5. The molecule has 1 aromatic rings. The largest absolute Gasteiger partial charge is 0.497 e. The highest BCUT2D eigenvalue weighted by molar-refractivity contribution is 5.92. The molecule has 1 amide bonds. The standard InChI is InChI=1S/C19H27NO3/c1-14(2)20(16-7-5-6-8-16)19(21)10-9-15-11-17(22-3)13-18(12-15)23-4/h9-14,16H,5-8H2,1-4H3/b10-9+. The Morgan fingerprint density at radius 1 is 1.13 bits per heavy atom. The number of nitrogens with zero attached hydrogens (tertiary/aromatic N) is 1. The van der Waals surface area contributed by atoms with Crippen molar-refractivity contribution in [2.24, 2.45) is 0 Å². The van der Waals surface area contributed by atoms with Crippen LogP contribution in [0.4, 0.5) is 0 Å². The van der Waals surface area contributed by atoms with Gasteiger partial charge in [0.15, 0.2) is 0 Å². The Morgan fingerprint density at radius 3 is 2.17 bits per heavy atom. The normalized spacial score (nSPS) is 15.3. The minimum absolute atomic E-state index is 0.0775. The van der Waals surface area contributed by atoms with Crippen LogP contribution in [-0.2, 0) is 4.79 Å². The average molecular weight is 317 g/mol. The smallest absolute Gasteiger partial charge is 0.247 e. The first-order chi connectivity index (χ1) is 11.0. The van der Waals surface area contributed by atoms with E-state index >= 15 is 0 Å². The second-order valence-electron chi connectivity index (χ2n) is 6.26. The van der Waals surface area contributed by atoms with E-state index < -0.39 is 0 Å². The SMILES string of the molecule is COc1cc(/C=C/C(=O)N(C(C)C)C2CCCC2)cc(OC)c1. The van der Waals surface area contributed by atoms with Gasteiger partial charge in [-0.05, 0) is 50.5 Å². The summed E-state index contributed by atoms with van der Waals surface area (Å²) >= 11 is 0. The summed E-state index contributed by atoms with van der Waals surface area (Å²) in [5.74, 6) is 1.51. The fraction of sp³-hybridized carbons (Fsp3) is 0.526. The molecular weight excluding hydrogens is 290 g/mol. The second kappa shape index (κ2) is 8.04. The molecule has 1 saturated carbocycles. The van der Waals surface area contributed by atoms with E-state index in [1.165, 1.54) is 12.8 Å². The molecule has 0 atom stereocenters. The van der Waals surface area contributed by atoms with Gasteiger partial charge in [-0.1, -0.05) is 12.8 Å². The molecule has 4 heteroatoms. The van der Waals surface area contributed by atoms with Crippen LogP contribution in [-0.4, -0.2) is 37.1 Å². The van der Waals surface area contributed by atoms with Crippen molar-refractivity contribution in [1.29, 1.82) is 0 Å². The Balaban J connectivity index is 2.15. The molecule has 1 aliphatic rings. The number of carbonyl (C=O) groups is 1. The number of rotatable bonds is 6. The Morgan fingerprint density at radius 2 is 1.70 bits per heavy atom. The maximum absolute atomic E-state index is 12.6. The molecule has 0 aliphatic heterocycles. The summed E-state index contributed by atoms with van der Waals surface area (Å²) < 4.78 is 10.5. The summed E-state index contributed by atoms with van der Waals surface area (Å²) in [7, 11) is 3.24. The first kappa shape index (κ1) is 17.4. The van der Waals surface area contributed by atoms with E-state index in [2.05, 4.69) is 13.8 Å². The summed E-state index contributed by atoms with van der Waals surface area (Å²) in [6, 6.07) is 6.20. The molecule has 0 N–H and O–H groups in total. The van der Waals surface area contributed by atoms with Gasteiger partial charge in [0.2, 0.25) is 5.91 Å². The van der Waals surface area contributed by atoms with E-state index in [1.54, 1.807) is 20.3 Å². The number of benzene rings is 1. The maximum Gasteiger partial charge on any atom is 0.247 e. The number of carbonyl (C=O) groups excluding carboxylic acids is 1. The van der Waals surface area contributed by atoms with Crippen molar-refractivity contribution in [2.45, 2.75) is 51.6 Å². The Hall–Kier alpha value is -1.97. The number of methoxy groups -OCH3 is 2. The molecule has 1 fully saturated rings. The molecule has 1 aromatic carbocycles. The fourth-order valence-electron chi connectivity index (χ4n) is 3.22. The van der Waals surface area contributed by atoms with Crippen LogP contribution in [0.15, 0.2) is 24.3 Å². The van der Waals surface area contributed by atoms with Crippen LogP contribution in [0.25, 0.3) is 6.08 Å². The van der Waals surface area contributed by atoms with Crippen LogP contribution in [0.1, 0.15) is 45.1 Å². The second-order valence-corrected chi connectivity index (χ2v) is 6.26. The lowest BCUT2D eigenvalue weighted by Gasteiger charge is -2.31. The first-order valence-corrected chi connectivity index (χ1v) is 8.28. The molecule has 0 bridgehead atoms. The highest BCUT2D eigenvalue weighted by Crippen LogP contribution is 2.26. The van der Waals surface area contributed by atoms with Gasteiger partial charge in [-0.3, -0.25) is 4.79 Å². The van der Waals surface area contributed by atoms with Crippen molar-refractivity contribution in [1.82, 2.24) is 4.90 Å². The molecular formula is C19H27NO3. The molecule has 0 unspecified atom stereocenters. The highest BCUT2D eigenvalue weighted by Gasteiger charge is 2.27. The maximum atomic E-state index is 12.6. The lowest BCUT2D eigenvalue weighted by atomic mass is 10.1. The topological polar surface area (TPSA) is 38.8 Å². The number of hydrogen-bond donors (Lipinski definition) is 0. The zero-order chi connectivity index (χ0) is 16.8. The summed E-state index contributed by atoms with van der Waals surface area (Å²) in [4.78, 5) is 14.6. The molecule has 126 valence electrons. The number of ether oxygens (including phenoxy) is 2. The van der Waals surface area contributed by atoms with E-state index in [0.29, 0.717) is 17.5 Å². The predicted octanol–water partition coefficient (Wildman–Crippen LogP) is 3.90. The summed E-state index contributed by atoms with van der Waals surface area (Å²) in [5.41, 5.74) is 0.893.